The summed E-state index contributed by atoms with van der Waals surface area (Å²) in [6.07, 6.45) is 5.43. The molecule has 0 amide bonds. The van der Waals surface area contributed by atoms with Crippen LogP contribution in [0.2, 0.25) is 0 Å². The minimum atomic E-state index is -0.403. The Morgan fingerprint density at radius 2 is 2.23 bits per heavy atom. The molecule has 0 heterocycles. The average molecular weight is 319 g/mol. The SMILES string of the molecule is CC(NC(=S)Nc1cccc([N+](=O)[O-])c1)C1CC2CCC1C2. The molecular weight excluding hydrogens is 298 g/mol. The van der Waals surface area contributed by atoms with Crippen molar-refractivity contribution in [1.29, 1.82) is 0 Å². The lowest BCUT2D eigenvalue weighted by Crippen LogP contribution is -2.42. The lowest BCUT2D eigenvalue weighted by atomic mass is 9.84. The molecule has 2 aliphatic rings. The van der Waals surface area contributed by atoms with Crippen LogP contribution in [0.1, 0.15) is 32.6 Å². The normalized spacial score (nSPS) is 27.4. The van der Waals surface area contributed by atoms with Crippen LogP contribution in [-0.2, 0) is 0 Å². The highest BCUT2D eigenvalue weighted by molar-refractivity contribution is 7.80. The molecule has 0 spiro atoms. The number of non-ortho nitro benzene ring substituents is 1. The van der Waals surface area contributed by atoms with Crippen LogP contribution in [0.15, 0.2) is 24.3 Å². The highest BCUT2D eigenvalue weighted by atomic mass is 32.1. The summed E-state index contributed by atoms with van der Waals surface area (Å²) in [5.41, 5.74) is 0.709. The van der Waals surface area contributed by atoms with Crippen molar-refractivity contribution in [3.8, 4) is 0 Å². The number of rotatable bonds is 4. The van der Waals surface area contributed by atoms with Crippen molar-refractivity contribution in [2.45, 2.75) is 38.6 Å². The lowest BCUT2D eigenvalue weighted by molar-refractivity contribution is -0.384. The second-order valence-electron chi connectivity index (χ2n) is 6.53. The van der Waals surface area contributed by atoms with E-state index in [2.05, 4.69) is 17.6 Å². The lowest BCUT2D eigenvalue weighted by Gasteiger charge is -2.29. The number of nitrogens with one attached hydrogen (secondary N) is 2. The van der Waals surface area contributed by atoms with Gasteiger partial charge in [0.15, 0.2) is 5.11 Å². The van der Waals surface area contributed by atoms with Crippen LogP contribution in [0.4, 0.5) is 11.4 Å². The van der Waals surface area contributed by atoms with Gasteiger partial charge in [-0.05, 0) is 62.2 Å². The third kappa shape index (κ3) is 3.21. The van der Waals surface area contributed by atoms with Gasteiger partial charge < -0.3 is 10.6 Å². The topological polar surface area (TPSA) is 67.2 Å². The van der Waals surface area contributed by atoms with Crippen molar-refractivity contribution < 1.29 is 4.92 Å². The van der Waals surface area contributed by atoms with Gasteiger partial charge >= 0.3 is 0 Å². The summed E-state index contributed by atoms with van der Waals surface area (Å²) in [6.45, 7) is 2.19. The summed E-state index contributed by atoms with van der Waals surface area (Å²) in [6, 6.07) is 6.75. The molecule has 2 bridgehead atoms. The van der Waals surface area contributed by atoms with Crippen LogP contribution in [-0.4, -0.2) is 16.1 Å². The van der Waals surface area contributed by atoms with E-state index < -0.39 is 4.92 Å². The van der Waals surface area contributed by atoms with E-state index in [9.17, 15) is 10.1 Å². The number of thiocarbonyl (C=S) groups is 1. The fourth-order valence-electron chi connectivity index (χ4n) is 4.08. The van der Waals surface area contributed by atoms with Crippen LogP contribution < -0.4 is 10.6 Å². The van der Waals surface area contributed by atoms with Crippen LogP contribution >= 0.6 is 12.2 Å². The predicted octanol–water partition coefficient (Wildman–Crippen LogP) is 3.71. The largest absolute Gasteiger partial charge is 0.360 e. The van der Waals surface area contributed by atoms with Gasteiger partial charge in [0, 0.05) is 23.9 Å². The van der Waals surface area contributed by atoms with E-state index in [1.807, 2.05) is 0 Å². The van der Waals surface area contributed by atoms with Crippen molar-refractivity contribution in [1.82, 2.24) is 5.32 Å². The van der Waals surface area contributed by atoms with Gasteiger partial charge in [0.2, 0.25) is 0 Å². The molecule has 6 heteroatoms. The van der Waals surface area contributed by atoms with Gasteiger partial charge in [-0.1, -0.05) is 12.5 Å². The maximum Gasteiger partial charge on any atom is 0.271 e. The van der Waals surface area contributed by atoms with Gasteiger partial charge in [-0.2, -0.15) is 0 Å². The van der Waals surface area contributed by atoms with Gasteiger partial charge in [0.1, 0.15) is 0 Å². The molecule has 0 aliphatic heterocycles. The molecule has 2 aliphatic carbocycles. The number of anilines is 1. The van der Waals surface area contributed by atoms with E-state index in [1.165, 1.54) is 37.8 Å². The number of nitro benzene ring substituents is 1. The summed E-state index contributed by atoms with van der Waals surface area (Å²) in [5.74, 6) is 2.45. The van der Waals surface area contributed by atoms with Crippen LogP contribution in [0.5, 0.6) is 0 Å². The Labute approximate surface area is 135 Å². The molecular formula is C16H21N3O2S. The molecule has 2 saturated carbocycles. The third-order valence-electron chi connectivity index (χ3n) is 5.11. The van der Waals surface area contributed by atoms with Crippen molar-refractivity contribution in [2.24, 2.45) is 17.8 Å². The third-order valence-corrected chi connectivity index (χ3v) is 5.33. The first-order valence-electron chi connectivity index (χ1n) is 7.85. The van der Waals surface area contributed by atoms with E-state index in [-0.39, 0.29) is 5.69 Å². The van der Waals surface area contributed by atoms with Gasteiger partial charge in [-0.3, -0.25) is 10.1 Å². The number of nitrogens with zero attached hydrogens (tertiary/aromatic N) is 1. The standard InChI is InChI=1S/C16H21N3O2S/c1-10(15-8-11-5-6-12(15)7-11)17-16(22)18-13-3-2-4-14(9-13)19(20)21/h2-4,9-12,15H,5-8H2,1H3,(H2,17,18,22). The van der Waals surface area contributed by atoms with Gasteiger partial charge in [0.05, 0.1) is 4.92 Å². The van der Waals surface area contributed by atoms with Gasteiger partial charge in [-0.15, -0.1) is 0 Å². The van der Waals surface area contributed by atoms with Crippen molar-refractivity contribution >= 4 is 28.7 Å². The highest BCUT2D eigenvalue weighted by Crippen LogP contribution is 2.49. The molecule has 4 atom stereocenters. The minimum Gasteiger partial charge on any atom is -0.360 e. The number of hydrogen-bond donors (Lipinski definition) is 2. The molecule has 1 aromatic carbocycles. The Morgan fingerprint density at radius 3 is 2.86 bits per heavy atom. The molecule has 0 saturated heterocycles. The zero-order chi connectivity index (χ0) is 15.7. The monoisotopic (exact) mass is 319 g/mol. The molecule has 4 unspecified atom stereocenters. The molecule has 118 valence electrons. The first-order chi connectivity index (χ1) is 10.5. The van der Waals surface area contributed by atoms with E-state index in [4.69, 9.17) is 12.2 Å². The molecule has 0 radical (unpaired) electrons. The maximum absolute atomic E-state index is 10.8. The van der Waals surface area contributed by atoms with Crippen molar-refractivity contribution in [2.75, 3.05) is 5.32 Å². The summed E-state index contributed by atoms with van der Waals surface area (Å²) in [7, 11) is 0. The first-order valence-corrected chi connectivity index (χ1v) is 8.25. The van der Waals surface area contributed by atoms with Gasteiger partial charge in [-0.25, -0.2) is 0 Å². The first kappa shape index (κ1) is 15.2. The summed E-state index contributed by atoms with van der Waals surface area (Å²) in [5, 5.41) is 17.7. The fourth-order valence-corrected chi connectivity index (χ4v) is 4.39. The highest BCUT2D eigenvalue weighted by Gasteiger charge is 2.41. The number of fused-ring (bicyclic) bond motifs is 2. The van der Waals surface area contributed by atoms with Crippen LogP contribution in [0.3, 0.4) is 0 Å². The Hall–Kier alpha value is -1.69. The average Bonchev–Trinajstić information content (AvgIpc) is 3.10. The molecule has 5 nitrogen and oxygen atoms in total. The second kappa shape index (κ2) is 6.20. The summed E-state index contributed by atoms with van der Waals surface area (Å²) < 4.78 is 0. The zero-order valence-electron chi connectivity index (χ0n) is 12.6. The van der Waals surface area contributed by atoms with Crippen molar-refractivity contribution in [3.05, 3.63) is 34.4 Å². The summed E-state index contributed by atoms with van der Waals surface area (Å²) >= 11 is 5.35. The number of nitro groups is 1. The quantitative estimate of drug-likeness (QED) is 0.503. The van der Waals surface area contributed by atoms with Crippen molar-refractivity contribution in [3.63, 3.8) is 0 Å². The molecule has 3 rings (SSSR count). The Balaban J connectivity index is 1.56. The molecule has 2 N–H and O–H groups in total. The molecule has 22 heavy (non-hydrogen) atoms. The summed E-state index contributed by atoms with van der Waals surface area (Å²) in [4.78, 5) is 10.4. The molecule has 1 aromatic rings. The van der Waals surface area contributed by atoms with Gasteiger partial charge in [0.25, 0.3) is 5.69 Å². The van der Waals surface area contributed by atoms with E-state index >= 15 is 0 Å². The fraction of sp³-hybridized carbons (Fsp3) is 0.562. The molecule has 2 fully saturated rings. The number of hydrogen-bond acceptors (Lipinski definition) is 3. The van der Waals surface area contributed by atoms with E-state index in [0.717, 1.165) is 11.8 Å². The predicted molar refractivity (Wildman–Crippen MR) is 90.9 cm³/mol. The van der Waals surface area contributed by atoms with Crippen LogP contribution in [0, 0.1) is 27.9 Å². The van der Waals surface area contributed by atoms with E-state index in [0.29, 0.717) is 22.8 Å². The van der Waals surface area contributed by atoms with Crippen LogP contribution in [0.25, 0.3) is 0 Å². The van der Waals surface area contributed by atoms with E-state index in [1.54, 1.807) is 12.1 Å². The number of benzene rings is 1. The Morgan fingerprint density at radius 1 is 1.41 bits per heavy atom. The maximum atomic E-state index is 10.8. The minimum absolute atomic E-state index is 0.0638. The Bertz CT molecular complexity index is 593. The molecule has 0 aromatic heterocycles. The smallest absolute Gasteiger partial charge is 0.271 e. The Kier molecular flexibility index (Phi) is 4.29. The second-order valence-corrected chi connectivity index (χ2v) is 6.94. The zero-order valence-corrected chi connectivity index (χ0v) is 13.4.